The molecule has 2 aromatic carbocycles. The first-order valence-corrected chi connectivity index (χ1v) is 7.49. The zero-order chi connectivity index (χ0) is 16.6. The summed E-state index contributed by atoms with van der Waals surface area (Å²) in [6.45, 7) is 0.0512. The summed E-state index contributed by atoms with van der Waals surface area (Å²) in [4.78, 5) is 12.0. The zero-order valence-electron chi connectivity index (χ0n) is 11.7. The zero-order valence-corrected chi connectivity index (χ0v) is 13.2. The topological polar surface area (TPSA) is 26.3 Å². The normalized spacial score (nSPS) is 15.0. The Kier molecular flexibility index (Phi) is 4.02. The van der Waals surface area contributed by atoms with Crippen LogP contribution < -0.4 is 0 Å². The van der Waals surface area contributed by atoms with E-state index in [0.29, 0.717) is 22.3 Å². The average Bonchev–Trinajstić information content (AvgIpc) is 2.89. The smallest absolute Gasteiger partial charge is 0.416 e. The van der Waals surface area contributed by atoms with Crippen molar-refractivity contribution in [2.45, 2.75) is 6.18 Å². The molecule has 2 nitrogen and oxygen atoms in total. The maximum Gasteiger partial charge on any atom is 0.416 e. The number of carbonyl (C=O) groups excluding carboxylic acids is 1. The molecule has 3 rings (SSSR count). The maximum absolute atomic E-state index is 12.6. The van der Waals surface area contributed by atoms with Gasteiger partial charge >= 0.3 is 12.1 Å². The van der Waals surface area contributed by atoms with Gasteiger partial charge in [0.1, 0.15) is 6.61 Å². The van der Waals surface area contributed by atoms with E-state index in [1.165, 1.54) is 12.1 Å². The number of halogens is 4. The van der Waals surface area contributed by atoms with Crippen molar-refractivity contribution in [3.05, 3.63) is 69.7 Å². The van der Waals surface area contributed by atoms with E-state index in [9.17, 15) is 18.0 Å². The van der Waals surface area contributed by atoms with Crippen LogP contribution in [0.2, 0.25) is 0 Å². The molecule has 1 aliphatic heterocycles. The van der Waals surface area contributed by atoms with Gasteiger partial charge in [0.25, 0.3) is 0 Å². The molecule has 2 aromatic rings. The van der Waals surface area contributed by atoms with E-state index in [4.69, 9.17) is 4.74 Å². The fourth-order valence-electron chi connectivity index (χ4n) is 2.40. The first kappa shape index (κ1) is 15.8. The second-order valence-electron chi connectivity index (χ2n) is 5.01. The molecule has 23 heavy (non-hydrogen) atoms. The standard InChI is InChI=1S/C17H10BrF3O2/c18-13-7-3-11(4-8-13)15-14(9-23-16(15)22)10-1-5-12(6-2-10)17(19,20)21/h1-8H,9H2. The predicted molar refractivity (Wildman–Crippen MR) is 83.4 cm³/mol. The van der Waals surface area contributed by atoms with Gasteiger partial charge in [0.15, 0.2) is 0 Å². The van der Waals surface area contributed by atoms with Crippen molar-refractivity contribution < 1.29 is 22.7 Å². The molecule has 0 bridgehead atoms. The summed E-state index contributed by atoms with van der Waals surface area (Å²) >= 11 is 3.32. The summed E-state index contributed by atoms with van der Waals surface area (Å²) in [5.74, 6) is -0.470. The van der Waals surface area contributed by atoms with E-state index in [1.54, 1.807) is 24.3 Å². The molecule has 118 valence electrons. The van der Waals surface area contributed by atoms with E-state index < -0.39 is 17.7 Å². The largest absolute Gasteiger partial charge is 0.457 e. The third-order valence-electron chi connectivity index (χ3n) is 3.55. The van der Waals surface area contributed by atoms with E-state index in [1.807, 2.05) is 0 Å². The molecule has 0 amide bonds. The molecule has 0 aliphatic carbocycles. The summed E-state index contributed by atoms with van der Waals surface area (Å²) in [5, 5.41) is 0. The Morgan fingerprint density at radius 1 is 0.913 bits per heavy atom. The molecule has 0 unspecified atom stereocenters. The lowest BCUT2D eigenvalue weighted by atomic mass is 9.96. The van der Waals surface area contributed by atoms with Crippen LogP contribution in [-0.4, -0.2) is 12.6 Å². The first-order chi connectivity index (χ1) is 10.9. The van der Waals surface area contributed by atoms with E-state index in [-0.39, 0.29) is 6.61 Å². The molecule has 0 atom stereocenters. The number of cyclic esters (lactones) is 1. The van der Waals surface area contributed by atoms with Crippen molar-refractivity contribution in [3.63, 3.8) is 0 Å². The van der Waals surface area contributed by atoms with Crippen LogP contribution in [0.25, 0.3) is 11.1 Å². The van der Waals surface area contributed by atoms with Gasteiger partial charge in [0, 0.05) is 10.0 Å². The number of hydrogen-bond acceptors (Lipinski definition) is 2. The van der Waals surface area contributed by atoms with Crippen LogP contribution in [0, 0.1) is 0 Å². The average molecular weight is 383 g/mol. The molecule has 0 saturated heterocycles. The second kappa shape index (κ2) is 5.85. The van der Waals surface area contributed by atoms with Crippen LogP contribution in [0.5, 0.6) is 0 Å². The molecular weight excluding hydrogens is 373 g/mol. The van der Waals surface area contributed by atoms with E-state index in [0.717, 1.165) is 16.6 Å². The molecule has 0 saturated carbocycles. The van der Waals surface area contributed by atoms with Gasteiger partial charge in [0.05, 0.1) is 11.1 Å². The lowest BCUT2D eigenvalue weighted by Gasteiger charge is -2.09. The molecule has 1 heterocycles. The Balaban J connectivity index is 2.05. The van der Waals surface area contributed by atoms with Gasteiger partial charge in [-0.15, -0.1) is 0 Å². The molecular formula is C17H10BrF3O2. The lowest BCUT2D eigenvalue weighted by Crippen LogP contribution is -2.04. The molecule has 6 heteroatoms. The molecule has 0 aromatic heterocycles. The number of rotatable bonds is 2. The molecule has 0 fully saturated rings. The fourth-order valence-corrected chi connectivity index (χ4v) is 2.67. The minimum absolute atomic E-state index is 0.0512. The minimum atomic E-state index is -4.39. The summed E-state index contributed by atoms with van der Waals surface area (Å²) in [7, 11) is 0. The van der Waals surface area contributed by atoms with Crippen LogP contribution >= 0.6 is 15.9 Å². The maximum atomic E-state index is 12.6. The molecule has 0 radical (unpaired) electrons. The van der Waals surface area contributed by atoms with E-state index >= 15 is 0 Å². The van der Waals surface area contributed by atoms with Gasteiger partial charge in [-0.05, 0) is 35.4 Å². The van der Waals surface area contributed by atoms with Gasteiger partial charge in [0.2, 0.25) is 0 Å². The number of carbonyl (C=O) groups is 1. The van der Waals surface area contributed by atoms with Crippen molar-refractivity contribution in [3.8, 4) is 0 Å². The van der Waals surface area contributed by atoms with Gasteiger partial charge in [-0.2, -0.15) is 13.2 Å². The number of alkyl halides is 3. The van der Waals surface area contributed by atoms with Crippen molar-refractivity contribution in [2.75, 3.05) is 6.61 Å². The second-order valence-corrected chi connectivity index (χ2v) is 5.93. The Morgan fingerprint density at radius 2 is 1.48 bits per heavy atom. The Morgan fingerprint density at radius 3 is 2.04 bits per heavy atom. The number of esters is 1. The monoisotopic (exact) mass is 382 g/mol. The van der Waals surface area contributed by atoms with E-state index in [2.05, 4.69) is 15.9 Å². The SMILES string of the molecule is O=C1OCC(c2ccc(C(F)(F)F)cc2)=C1c1ccc(Br)cc1. The summed E-state index contributed by atoms with van der Waals surface area (Å²) in [5.41, 5.74) is 1.47. The van der Waals surface area contributed by atoms with Crippen molar-refractivity contribution >= 4 is 33.0 Å². The van der Waals surface area contributed by atoms with Crippen LogP contribution in [0.1, 0.15) is 16.7 Å². The summed E-state index contributed by atoms with van der Waals surface area (Å²) in [6.07, 6.45) is -4.39. The third kappa shape index (κ3) is 3.17. The molecule has 1 aliphatic rings. The Bertz CT molecular complexity index is 775. The van der Waals surface area contributed by atoms with Gasteiger partial charge in [-0.3, -0.25) is 0 Å². The van der Waals surface area contributed by atoms with Crippen LogP contribution in [0.4, 0.5) is 13.2 Å². The van der Waals surface area contributed by atoms with Crippen molar-refractivity contribution in [1.82, 2.24) is 0 Å². The van der Waals surface area contributed by atoms with Gasteiger partial charge in [-0.25, -0.2) is 4.79 Å². The minimum Gasteiger partial charge on any atom is -0.457 e. The Labute approximate surface area is 138 Å². The van der Waals surface area contributed by atoms with Gasteiger partial charge < -0.3 is 4.74 Å². The highest BCUT2D eigenvalue weighted by Gasteiger charge is 2.31. The quantitative estimate of drug-likeness (QED) is 0.688. The summed E-state index contributed by atoms with van der Waals surface area (Å²) < 4.78 is 43.9. The number of hydrogen-bond donors (Lipinski definition) is 0. The first-order valence-electron chi connectivity index (χ1n) is 6.70. The molecule has 0 spiro atoms. The highest BCUT2D eigenvalue weighted by molar-refractivity contribution is 9.10. The fraction of sp³-hybridized carbons (Fsp3) is 0.118. The highest BCUT2D eigenvalue weighted by atomic mass is 79.9. The van der Waals surface area contributed by atoms with Crippen LogP contribution in [0.15, 0.2) is 53.0 Å². The van der Waals surface area contributed by atoms with Crippen LogP contribution in [0.3, 0.4) is 0 Å². The highest BCUT2D eigenvalue weighted by Crippen LogP contribution is 2.35. The lowest BCUT2D eigenvalue weighted by molar-refractivity contribution is -0.137. The number of benzene rings is 2. The van der Waals surface area contributed by atoms with Crippen molar-refractivity contribution in [1.29, 1.82) is 0 Å². The summed E-state index contributed by atoms with van der Waals surface area (Å²) in [6, 6.07) is 11.8. The van der Waals surface area contributed by atoms with Gasteiger partial charge in [-0.1, -0.05) is 40.2 Å². The van der Waals surface area contributed by atoms with Crippen molar-refractivity contribution in [2.24, 2.45) is 0 Å². The Hall–Kier alpha value is -2.08. The predicted octanol–water partition coefficient (Wildman–Crippen LogP) is 4.94. The van der Waals surface area contributed by atoms with Crippen LogP contribution in [-0.2, 0) is 15.7 Å². The molecule has 0 N–H and O–H groups in total. The number of ether oxygens (including phenoxy) is 1. The third-order valence-corrected chi connectivity index (χ3v) is 4.08.